The number of benzene rings is 10. The fourth-order valence-corrected chi connectivity index (χ4v) is 14.4. The number of phenolic OH excluding ortho intramolecular Hbond substituents is 1. The van der Waals surface area contributed by atoms with Gasteiger partial charge in [0, 0.05) is 131 Å². The molecule has 149 heavy (non-hydrogen) atoms. The van der Waals surface area contributed by atoms with E-state index >= 15 is 8.78 Å². The number of nitro groups is 2. The molecular formula is C100H105BrF7K2N19O20. The number of nitro benzene ring substituents is 2. The van der Waals surface area contributed by atoms with Crippen LogP contribution >= 0.6 is 15.9 Å². The van der Waals surface area contributed by atoms with Gasteiger partial charge in [-0.3, -0.25) is 44.2 Å². The number of aromatic nitrogens is 10. The number of nitrogens with zero attached hydrogens (tertiary/aromatic N) is 8. The van der Waals surface area contributed by atoms with Crippen LogP contribution in [0.1, 0.15) is 88.9 Å². The molecule has 0 aliphatic carbocycles. The van der Waals surface area contributed by atoms with Crippen molar-refractivity contribution in [3.8, 4) is 34.5 Å². The molecule has 0 spiro atoms. The number of carbonyl (C=O) groups excluding carboxylic acids is 5. The zero-order valence-electron chi connectivity index (χ0n) is 83.0. The number of carbonyl (C=O) groups is 5. The Balaban J connectivity index is 0.000000373. The summed E-state index contributed by atoms with van der Waals surface area (Å²) in [5.41, 5.74) is 19.2. The van der Waals surface area contributed by atoms with Crippen LogP contribution in [0.3, 0.4) is 0 Å². The number of fused-ring (bicyclic) bond motifs is 7. The molecule has 17 aromatic rings. The number of rotatable bonds is 27. The summed E-state index contributed by atoms with van der Waals surface area (Å²) in [4.78, 5) is 112. The molecule has 778 valence electrons. The molecule has 0 fully saturated rings. The summed E-state index contributed by atoms with van der Waals surface area (Å²) in [6.07, 6.45) is 3.95. The largest absolute Gasteiger partial charge is 1.00 e. The summed E-state index contributed by atoms with van der Waals surface area (Å²) in [6.45, 7) is 14.6. The zero-order valence-corrected chi connectivity index (χ0v) is 89.9. The van der Waals surface area contributed by atoms with Crippen LogP contribution in [0, 0.1) is 88.6 Å². The number of aromatic amines is 4. The van der Waals surface area contributed by atoms with Gasteiger partial charge in [0.1, 0.15) is 54.6 Å². The topological polar surface area (TPSA) is 599 Å². The molecule has 0 bridgehead atoms. The molecule has 49 heteroatoms. The van der Waals surface area contributed by atoms with Gasteiger partial charge in [-0.2, -0.15) is 0 Å². The molecule has 0 amide bonds. The van der Waals surface area contributed by atoms with Gasteiger partial charge in [0.2, 0.25) is 0 Å². The summed E-state index contributed by atoms with van der Waals surface area (Å²) < 4.78 is 135. The SMILES string of the molecule is C.CC(=O)Cc1c([N+](=O)[O-])ccc(F)c1F.CC(=O)Cc1c([N+](=O)[O-])ccc(N)c1F.CCOC(=O)CCBr.CCOC(=O)CCOc1cc2ncnc(Nc3ccc4[nH]c(C)cc4c3F)c2cc1OC.COc1cc2c(Nc3ccc4[nH]c(C)cc4c3F)ncnc2cc1O.COc1cc2c(Nc3ccc4[nH]c(C)cc4c3F)ncnc2cc1OCc1ccccc1.Cc1cc2c(F)c(N)ccc2[nH]1.N.NO.O=CO[O-].[H-].[K+].[K+]. The Morgan fingerprint density at radius 2 is 0.819 bits per heavy atom. The van der Waals surface area contributed by atoms with E-state index in [-0.39, 0.29) is 207 Å². The molecule has 0 aliphatic rings. The maximum absolute atomic E-state index is 15.1. The standard InChI is InChI=1S/C25H21FN4O2.C23H23FN4O4.C18H15FN4O2.C9H7F2NO3.C9H9FN2O3.C9H9FN2.C5H9BrO2.CH2O3.CH4.2K.H3NO.H3N.H/c1-15-10-17-19(29-15)8-9-20(24(17)26)30-25-18-11-22(31-2)23(12-21(18)27-14-28-25)32-13-16-6-4-3-5-7-16;1-4-31-21(29)7-8-32-20-11-18-15(10-19(20)30-3)23(26-12-25-18)28-17-6-5-16-14(22(17)24)9-13(2)27-16;1-9-5-10-12(22-9)3-4-13(17(10)19)23-18-11-6-16(25-2)15(24)7-14(11)20-8-21-18;1-5(13)4-6-8(12(14)15)3-2-7(10)9(6)11;1-5(13)4-6-8(12(14)15)3-2-7(11)9(6)10;1-5-4-6-8(12-5)3-2-7(11)9(6)10;1-2-8-5(7)3-4-6;2-1-4-3;;;;1-2;;/h3-12,14,29H,13H2,1-2H3,(H,27,28,30);5-6,9-12,27H,4,7-8H2,1-3H3,(H,25,26,28);3-8,22,24H,1-2H3,(H,20,21,23);2-3H,4H2,1H3;2-3H,4,11H2,1H3;2-4,12H,11H2,1H3;2-4H2,1H3;1,3H;1H4;;;2H,1H2;1H3;/q;;;;;;;;;2*+1;;;-1/p-1. The Hall–Kier alpha value is -14.2. The summed E-state index contributed by atoms with van der Waals surface area (Å²) in [5, 5.41) is 59.7. The van der Waals surface area contributed by atoms with Crippen LogP contribution in [0.5, 0.6) is 34.5 Å². The van der Waals surface area contributed by atoms with Gasteiger partial charge in [-0.05, 0) is 164 Å². The molecule has 10 aromatic carbocycles. The molecule has 0 radical (unpaired) electrons. The van der Waals surface area contributed by atoms with Crippen molar-refractivity contribution in [1.82, 2.24) is 56.0 Å². The number of H-pyrrole nitrogens is 4. The number of nitrogen functional groups attached to an aromatic ring is 2. The first-order valence-electron chi connectivity index (χ1n) is 43.3. The van der Waals surface area contributed by atoms with Crippen LogP contribution in [0.4, 0.5) is 88.0 Å². The first-order valence-corrected chi connectivity index (χ1v) is 44.4. The van der Waals surface area contributed by atoms with E-state index < -0.39 is 56.4 Å². The van der Waals surface area contributed by atoms with Crippen molar-refractivity contribution in [2.45, 2.75) is 95.1 Å². The molecule has 0 aliphatic heterocycles. The van der Waals surface area contributed by atoms with Crippen molar-refractivity contribution < 1.29 is 222 Å². The summed E-state index contributed by atoms with van der Waals surface area (Å²) in [7, 11) is 4.55. The number of hydrogen-bond acceptors (Lipinski definition) is 33. The van der Waals surface area contributed by atoms with E-state index in [0.29, 0.717) is 155 Å². The Bertz CT molecular complexity index is 7430. The number of hydrogen-bond donors (Lipinski definition) is 13. The Kier molecular flexibility index (Phi) is 51.3. The van der Waals surface area contributed by atoms with Crippen molar-refractivity contribution in [2.24, 2.45) is 5.90 Å². The number of halogens is 8. The van der Waals surface area contributed by atoms with Crippen molar-refractivity contribution in [2.75, 3.05) is 73.9 Å². The average Bonchev–Trinajstić information content (AvgIpc) is 1.43. The third-order valence-electron chi connectivity index (χ3n) is 20.5. The van der Waals surface area contributed by atoms with E-state index in [0.717, 1.165) is 75.5 Å². The van der Waals surface area contributed by atoms with Crippen LogP contribution in [0.25, 0.3) is 76.3 Å². The summed E-state index contributed by atoms with van der Waals surface area (Å²) >= 11 is 3.12. The molecule has 7 heterocycles. The van der Waals surface area contributed by atoms with E-state index in [2.05, 4.69) is 97.2 Å². The molecule has 39 nitrogen and oxygen atoms in total. The molecule has 0 unspecified atom stereocenters. The molecule has 0 atom stereocenters. The average molecular weight is 2180 g/mol. The minimum absolute atomic E-state index is 0. The maximum atomic E-state index is 15.1. The molecule has 17 rings (SSSR count). The van der Waals surface area contributed by atoms with Gasteiger partial charge in [-0.1, -0.05) is 53.7 Å². The van der Waals surface area contributed by atoms with Crippen LogP contribution in [0.2, 0.25) is 0 Å². The number of phenols is 1. The van der Waals surface area contributed by atoms with Crippen molar-refractivity contribution in [1.29, 1.82) is 0 Å². The number of ketones is 2. The second-order valence-corrected chi connectivity index (χ2v) is 31.5. The first kappa shape index (κ1) is 125. The first-order chi connectivity index (χ1) is 69.4. The van der Waals surface area contributed by atoms with E-state index in [1.54, 1.807) is 106 Å². The molecule has 18 N–H and O–H groups in total. The number of Topliss-reactive ketones (excluding diaryl/α,β-unsaturated/α-hetero) is 2. The Labute approximate surface area is 941 Å². The van der Waals surface area contributed by atoms with Crippen LogP contribution in [-0.4, -0.2) is 146 Å². The third kappa shape index (κ3) is 34.2. The summed E-state index contributed by atoms with van der Waals surface area (Å²) in [6, 6.07) is 44.6. The number of alkyl halides is 1. The normalized spacial score (nSPS) is 10.2. The van der Waals surface area contributed by atoms with Crippen LogP contribution < -0.4 is 171 Å². The quantitative estimate of drug-likeness (QED) is 0.00262. The van der Waals surface area contributed by atoms with Gasteiger partial charge in [0.25, 0.3) is 17.8 Å². The number of aryl methyl sites for hydroxylation is 4. The van der Waals surface area contributed by atoms with Gasteiger partial charge < -0.3 is 109 Å². The van der Waals surface area contributed by atoms with E-state index in [1.807, 2.05) is 76.2 Å². The van der Waals surface area contributed by atoms with E-state index in [1.165, 1.54) is 46.2 Å². The number of nitrogens with one attached hydrogen (secondary N) is 7. The number of nitrogens with two attached hydrogens (primary N) is 3. The molecule has 7 aromatic heterocycles. The van der Waals surface area contributed by atoms with Crippen molar-refractivity contribution in [3.63, 3.8) is 0 Å². The minimum atomic E-state index is -1.33. The van der Waals surface area contributed by atoms with Gasteiger partial charge in [-0.15, -0.1) is 0 Å². The predicted molar refractivity (Wildman–Crippen MR) is 544 cm³/mol. The second kappa shape index (κ2) is 61.0. The van der Waals surface area contributed by atoms with Crippen molar-refractivity contribution in [3.05, 3.63) is 283 Å². The van der Waals surface area contributed by atoms with Crippen LogP contribution in [-0.2, 0) is 57.8 Å². The maximum Gasteiger partial charge on any atom is 1.00 e. The number of anilines is 8. The molecule has 0 saturated carbocycles. The second-order valence-electron chi connectivity index (χ2n) is 30.7. The number of esters is 2. The smallest absolute Gasteiger partial charge is 1.00 e. The zero-order chi connectivity index (χ0) is 106. The third-order valence-corrected chi connectivity index (χ3v) is 20.9. The Morgan fingerprint density at radius 1 is 0.470 bits per heavy atom. The van der Waals surface area contributed by atoms with Crippen LogP contribution in [0.15, 0.2) is 183 Å². The van der Waals surface area contributed by atoms with Gasteiger partial charge in [-0.25, -0.2) is 66.5 Å². The number of methoxy groups -OCH3 is 3. The molecular weight excluding hydrogens is 2080 g/mol. The van der Waals surface area contributed by atoms with Gasteiger partial charge in [0.05, 0.1) is 120 Å². The summed E-state index contributed by atoms with van der Waals surface area (Å²) in [5.74, 6) is 0.974. The Morgan fingerprint density at radius 3 is 1.19 bits per heavy atom. The van der Waals surface area contributed by atoms with E-state index in [9.17, 15) is 66.5 Å². The minimum Gasteiger partial charge on any atom is -1.00 e. The fourth-order valence-electron chi connectivity index (χ4n) is 14.0. The van der Waals surface area contributed by atoms with Gasteiger partial charge >= 0.3 is 115 Å². The van der Waals surface area contributed by atoms with Crippen molar-refractivity contribution >= 4 is 179 Å². The number of aromatic hydroxyl groups is 1. The predicted octanol–water partition coefficient (Wildman–Crippen LogP) is 14.2. The molecule has 0 saturated heterocycles. The number of ether oxygens (including phenoxy) is 7. The van der Waals surface area contributed by atoms with E-state index in [4.69, 9.17) is 55.1 Å². The fraction of sp³-hybridized carbons (Fsp3) is 0.210. The monoisotopic (exact) mass is 2180 g/mol. The van der Waals surface area contributed by atoms with Gasteiger partial charge in [0.15, 0.2) is 75.2 Å².